The fourth-order valence-corrected chi connectivity index (χ4v) is 2.75. The van der Waals surface area contributed by atoms with E-state index in [2.05, 4.69) is 23.8 Å². The summed E-state index contributed by atoms with van der Waals surface area (Å²) in [7, 11) is 2.06. The minimum absolute atomic E-state index is 0.196. The molecule has 0 aliphatic carbocycles. The molecule has 1 heterocycles. The summed E-state index contributed by atoms with van der Waals surface area (Å²) in [5, 5.41) is 0. The topological polar surface area (TPSA) is 32.5 Å². The van der Waals surface area contributed by atoms with Crippen molar-refractivity contribution in [2.24, 2.45) is 5.73 Å². The fraction of sp³-hybridized carbons (Fsp3) is 0.600. The van der Waals surface area contributed by atoms with Gasteiger partial charge in [0.25, 0.3) is 0 Å². The van der Waals surface area contributed by atoms with Crippen molar-refractivity contribution in [1.82, 2.24) is 4.90 Å². The fourth-order valence-electron chi connectivity index (χ4n) is 2.75. The van der Waals surface area contributed by atoms with Crippen LogP contribution in [0.4, 0.5) is 10.1 Å². The van der Waals surface area contributed by atoms with Crippen LogP contribution in [-0.2, 0) is 6.54 Å². The Morgan fingerprint density at radius 3 is 2.58 bits per heavy atom. The molecule has 1 fully saturated rings. The summed E-state index contributed by atoms with van der Waals surface area (Å²) in [4.78, 5) is 4.67. The van der Waals surface area contributed by atoms with Crippen LogP contribution in [0.15, 0.2) is 18.2 Å². The molecule has 106 valence electrons. The zero-order chi connectivity index (χ0) is 13.8. The van der Waals surface area contributed by atoms with Crippen LogP contribution < -0.4 is 10.6 Å². The van der Waals surface area contributed by atoms with Gasteiger partial charge in [-0.05, 0) is 31.5 Å². The molecule has 1 aliphatic heterocycles. The smallest absolute Gasteiger partial charge is 0.129 e. The van der Waals surface area contributed by atoms with Gasteiger partial charge in [0.2, 0.25) is 0 Å². The number of nitrogens with two attached hydrogens (primary N) is 1. The zero-order valence-corrected chi connectivity index (χ0v) is 11.9. The largest absolute Gasteiger partial charge is 0.371 e. The Bertz CT molecular complexity index is 414. The molecular formula is C15H24FN3. The highest BCUT2D eigenvalue weighted by molar-refractivity contribution is 5.48. The lowest BCUT2D eigenvalue weighted by Crippen LogP contribution is -2.43. The minimum atomic E-state index is -0.196. The van der Waals surface area contributed by atoms with Gasteiger partial charge >= 0.3 is 0 Å². The van der Waals surface area contributed by atoms with E-state index in [4.69, 9.17) is 5.73 Å². The van der Waals surface area contributed by atoms with Gasteiger partial charge < -0.3 is 15.5 Å². The number of rotatable bonds is 4. The van der Waals surface area contributed by atoms with Crippen molar-refractivity contribution in [2.75, 3.05) is 31.6 Å². The normalized spacial score (nSPS) is 17.7. The third kappa shape index (κ3) is 3.25. The third-order valence-corrected chi connectivity index (χ3v) is 4.22. The molecule has 1 saturated heterocycles. The number of nitrogens with zero attached hydrogens (tertiary/aromatic N) is 2. The van der Waals surface area contributed by atoms with E-state index in [1.54, 1.807) is 12.1 Å². The second kappa shape index (κ2) is 6.35. The number of benzene rings is 1. The summed E-state index contributed by atoms with van der Waals surface area (Å²) in [6, 6.07) is 5.87. The third-order valence-electron chi connectivity index (χ3n) is 4.22. The van der Waals surface area contributed by atoms with Crippen molar-refractivity contribution in [1.29, 1.82) is 0 Å². The van der Waals surface area contributed by atoms with E-state index in [0.29, 0.717) is 11.6 Å². The molecule has 0 radical (unpaired) electrons. The van der Waals surface area contributed by atoms with Gasteiger partial charge in [-0.2, -0.15) is 0 Å². The van der Waals surface area contributed by atoms with Crippen molar-refractivity contribution in [3.05, 3.63) is 29.6 Å². The lowest BCUT2D eigenvalue weighted by molar-refractivity contribution is 0.221. The van der Waals surface area contributed by atoms with E-state index in [9.17, 15) is 4.39 Å². The average molecular weight is 265 g/mol. The first kappa shape index (κ1) is 14.3. The van der Waals surface area contributed by atoms with Crippen molar-refractivity contribution < 1.29 is 4.39 Å². The van der Waals surface area contributed by atoms with Gasteiger partial charge in [-0.1, -0.05) is 13.0 Å². The van der Waals surface area contributed by atoms with Gasteiger partial charge in [0.05, 0.1) is 0 Å². The summed E-state index contributed by atoms with van der Waals surface area (Å²) >= 11 is 0. The van der Waals surface area contributed by atoms with Gasteiger partial charge in [-0.3, -0.25) is 0 Å². The van der Waals surface area contributed by atoms with Crippen molar-refractivity contribution in [2.45, 2.75) is 32.4 Å². The van der Waals surface area contributed by atoms with Crippen molar-refractivity contribution in [3.63, 3.8) is 0 Å². The first-order valence-corrected chi connectivity index (χ1v) is 7.09. The molecule has 0 unspecified atom stereocenters. The van der Waals surface area contributed by atoms with Crippen LogP contribution in [0.1, 0.15) is 25.3 Å². The lowest BCUT2D eigenvalue weighted by atomic mass is 10.0. The molecule has 4 heteroatoms. The van der Waals surface area contributed by atoms with E-state index in [-0.39, 0.29) is 12.4 Å². The van der Waals surface area contributed by atoms with Crippen LogP contribution in [0.2, 0.25) is 0 Å². The van der Waals surface area contributed by atoms with Crippen molar-refractivity contribution >= 4 is 5.69 Å². The number of halogens is 1. The molecule has 1 aliphatic rings. The number of hydrogen-bond acceptors (Lipinski definition) is 3. The number of hydrogen-bond donors (Lipinski definition) is 1. The maximum Gasteiger partial charge on any atom is 0.129 e. The summed E-state index contributed by atoms with van der Waals surface area (Å²) in [5.41, 5.74) is 7.02. The summed E-state index contributed by atoms with van der Waals surface area (Å²) < 4.78 is 13.8. The quantitative estimate of drug-likeness (QED) is 0.906. The molecule has 0 atom stereocenters. The van der Waals surface area contributed by atoms with E-state index < -0.39 is 0 Å². The molecule has 0 aromatic heterocycles. The molecule has 0 bridgehead atoms. The molecule has 2 N–H and O–H groups in total. The standard InChI is InChI=1S/C15H24FN3/c1-3-19-8-6-13(7-9-19)18(2)14-5-4-12(11-17)15(16)10-14/h4-5,10,13H,3,6-9,11,17H2,1-2H3. The van der Waals surface area contributed by atoms with Crippen LogP contribution in [0.25, 0.3) is 0 Å². The average Bonchev–Trinajstić information content (AvgIpc) is 2.46. The van der Waals surface area contributed by atoms with E-state index in [0.717, 1.165) is 38.2 Å². The SMILES string of the molecule is CCN1CCC(N(C)c2ccc(CN)c(F)c2)CC1. The monoisotopic (exact) mass is 265 g/mol. The summed E-state index contributed by atoms with van der Waals surface area (Å²) in [5.74, 6) is -0.196. The Morgan fingerprint density at radius 1 is 1.37 bits per heavy atom. The second-order valence-electron chi connectivity index (χ2n) is 5.26. The highest BCUT2D eigenvalue weighted by Crippen LogP contribution is 2.24. The van der Waals surface area contributed by atoms with E-state index in [1.807, 2.05) is 6.07 Å². The predicted molar refractivity (Wildman–Crippen MR) is 77.8 cm³/mol. The van der Waals surface area contributed by atoms with Crippen LogP contribution in [0.5, 0.6) is 0 Å². The Balaban J connectivity index is 2.03. The first-order valence-electron chi connectivity index (χ1n) is 7.09. The molecule has 0 amide bonds. The van der Waals surface area contributed by atoms with Gasteiger partial charge in [0.1, 0.15) is 5.82 Å². The molecule has 2 rings (SSSR count). The molecule has 3 nitrogen and oxygen atoms in total. The maximum absolute atomic E-state index is 13.8. The Hall–Kier alpha value is -1.13. The molecular weight excluding hydrogens is 241 g/mol. The maximum atomic E-state index is 13.8. The zero-order valence-electron chi connectivity index (χ0n) is 11.9. The first-order chi connectivity index (χ1) is 9.15. The van der Waals surface area contributed by atoms with Crippen LogP contribution in [-0.4, -0.2) is 37.6 Å². The second-order valence-corrected chi connectivity index (χ2v) is 5.26. The van der Waals surface area contributed by atoms with Crippen LogP contribution in [0.3, 0.4) is 0 Å². The molecule has 1 aromatic rings. The van der Waals surface area contributed by atoms with E-state index >= 15 is 0 Å². The molecule has 1 aromatic carbocycles. The predicted octanol–water partition coefficient (Wildman–Crippen LogP) is 2.20. The Kier molecular flexibility index (Phi) is 4.77. The summed E-state index contributed by atoms with van der Waals surface area (Å²) in [6.07, 6.45) is 2.29. The van der Waals surface area contributed by atoms with Crippen LogP contribution >= 0.6 is 0 Å². The van der Waals surface area contributed by atoms with Gasteiger partial charge in [-0.15, -0.1) is 0 Å². The Morgan fingerprint density at radius 2 is 2.05 bits per heavy atom. The van der Waals surface area contributed by atoms with E-state index in [1.165, 1.54) is 0 Å². The Labute approximate surface area is 115 Å². The number of piperidine rings is 1. The number of likely N-dealkylation sites (tertiary alicyclic amines) is 1. The van der Waals surface area contributed by atoms with Gasteiger partial charge in [0, 0.05) is 44.0 Å². The van der Waals surface area contributed by atoms with Gasteiger partial charge in [-0.25, -0.2) is 4.39 Å². The summed E-state index contributed by atoms with van der Waals surface area (Å²) in [6.45, 7) is 5.84. The molecule has 19 heavy (non-hydrogen) atoms. The van der Waals surface area contributed by atoms with Crippen LogP contribution in [0, 0.1) is 5.82 Å². The van der Waals surface area contributed by atoms with Gasteiger partial charge in [0.15, 0.2) is 0 Å². The molecule has 0 saturated carbocycles. The lowest BCUT2D eigenvalue weighted by Gasteiger charge is -2.37. The number of anilines is 1. The highest BCUT2D eigenvalue weighted by atomic mass is 19.1. The molecule has 0 spiro atoms. The minimum Gasteiger partial charge on any atom is -0.371 e. The van der Waals surface area contributed by atoms with Crippen molar-refractivity contribution in [3.8, 4) is 0 Å². The highest BCUT2D eigenvalue weighted by Gasteiger charge is 2.22.